The van der Waals surface area contributed by atoms with E-state index in [9.17, 15) is 13.2 Å². The summed E-state index contributed by atoms with van der Waals surface area (Å²) in [7, 11) is 0. The van der Waals surface area contributed by atoms with Crippen LogP contribution in [-0.4, -0.2) is 31.5 Å². The van der Waals surface area contributed by atoms with Gasteiger partial charge in [-0.3, -0.25) is 0 Å². The quantitative estimate of drug-likeness (QED) is 0.661. The van der Waals surface area contributed by atoms with Crippen molar-refractivity contribution in [2.24, 2.45) is 0 Å². The molecule has 0 aromatic rings. The fourth-order valence-electron chi connectivity index (χ4n) is 1.25. The van der Waals surface area contributed by atoms with Crippen LogP contribution in [0.3, 0.4) is 0 Å². The third-order valence-corrected chi connectivity index (χ3v) is 1.69. The molecule has 0 amide bonds. The summed E-state index contributed by atoms with van der Waals surface area (Å²) in [5, 5.41) is 2.88. The molecule has 1 rings (SSSR count). The van der Waals surface area contributed by atoms with Gasteiger partial charge in [0.25, 0.3) is 0 Å². The molecule has 72 valence electrons. The van der Waals surface area contributed by atoms with E-state index in [4.69, 9.17) is 4.74 Å². The minimum Gasteiger partial charge on any atom is -0.372 e. The summed E-state index contributed by atoms with van der Waals surface area (Å²) in [5.41, 5.74) is 0. The van der Waals surface area contributed by atoms with E-state index in [-0.39, 0.29) is 6.10 Å². The largest absolute Gasteiger partial charge is 0.391 e. The number of nitrogens with one attached hydrogen (secondary N) is 1. The van der Waals surface area contributed by atoms with Crippen LogP contribution in [0.1, 0.15) is 13.3 Å². The van der Waals surface area contributed by atoms with Crippen LogP contribution >= 0.6 is 0 Å². The third kappa shape index (κ3) is 3.40. The van der Waals surface area contributed by atoms with E-state index in [1.54, 1.807) is 6.92 Å². The second-order valence-electron chi connectivity index (χ2n) is 3.05. The standard InChI is InChI=1S/C7H12F3NO/c1-5-3-11-4-6(12-5)2-7(8,9)10/h5-6,11H,2-4H2,1H3. The van der Waals surface area contributed by atoms with Gasteiger partial charge >= 0.3 is 6.18 Å². The summed E-state index contributed by atoms with van der Waals surface area (Å²) in [6.45, 7) is 2.69. The van der Waals surface area contributed by atoms with E-state index in [0.29, 0.717) is 13.1 Å². The SMILES string of the molecule is CC1CNCC(CC(F)(F)F)O1. The van der Waals surface area contributed by atoms with Crippen LogP contribution in [0.15, 0.2) is 0 Å². The number of hydrogen-bond acceptors (Lipinski definition) is 2. The van der Waals surface area contributed by atoms with Crippen molar-refractivity contribution in [3.8, 4) is 0 Å². The van der Waals surface area contributed by atoms with Gasteiger partial charge in [0.1, 0.15) is 0 Å². The van der Waals surface area contributed by atoms with Crippen LogP contribution in [0, 0.1) is 0 Å². The molecule has 1 heterocycles. The van der Waals surface area contributed by atoms with Crippen LogP contribution in [0.4, 0.5) is 13.2 Å². The molecule has 0 aromatic heterocycles. The Bertz CT molecular complexity index is 148. The molecule has 2 nitrogen and oxygen atoms in total. The minimum absolute atomic E-state index is 0.119. The van der Waals surface area contributed by atoms with Crippen LogP contribution in [0.5, 0.6) is 0 Å². The van der Waals surface area contributed by atoms with Crippen LogP contribution < -0.4 is 5.32 Å². The van der Waals surface area contributed by atoms with Gasteiger partial charge in [-0.05, 0) is 6.92 Å². The van der Waals surface area contributed by atoms with E-state index < -0.39 is 18.7 Å². The highest BCUT2D eigenvalue weighted by molar-refractivity contribution is 4.74. The Morgan fingerprint density at radius 2 is 2.08 bits per heavy atom. The highest BCUT2D eigenvalue weighted by atomic mass is 19.4. The second-order valence-corrected chi connectivity index (χ2v) is 3.05. The molecular weight excluding hydrogens is 171 g/mol. The normalized spacial score (nSPS) is 32.0. The first kappa shape index (κ1) is 9.80. The highest BCUT2D eigenvalue weighted by Crippen LogP contribution is 2.24. The summed E-state index contributed by atoms with van der Waals surface area (Å²) in [6.07, 6.45) is -5.81. The molecule has 1 aliphatic rings. The fraction of sp³-hybridized carbons (Fsp3) is 1.00. The van der Waals surface area contributed by atoms with Crippen molar-refractivity contribution in [3.05, 3.63) is 0 Å². The molecule has 0 radical (unpaired) electrons. The fourth-order valence-corrected chi connectivity index (χ4v) is 1.25. The Balaban J connectivity index is 2.32. The van der Waals surface area contributed by atoms with E-state index in [2.05, 4.69) is 5.32 Å². The van der Waals surface area contributed by atoms with Crippen molar-refractivity contribution in [2.75, 3.05) is 13.1 Å². The van der Waals surface area contributed by atoms with Crippen molar-refractivity contribution in [3.63, 3.8) is 0 Å². The van der Waals surface area contributed by atoms with E-state index in [1.807, 2.05) is 0 Å². The number of halogens is 3. The molecule has 12 heavy (non-hydrogen) atoms. The monoisotopic (exact) mass is 183 g/mol. The number of alkyl halides is 3. The highest BCUT2D eigenvalue weighted by Gasteiger charge is 2.34. The van der Waals surface area contributed by atoms with Gasteiger partial charge in [0.05, 0.1) is 18.6 Å². The molecule has 1 aliphatic heterocycles. The molecule has 0 bridgehead atoms. The molecule has 0 spiro atoms. The summed E-state index contributed by atoms with van der Waals surface area (Å²) < 4.78 is 40.7. The zero-order valence-corrected chi connectivity index (χ0v) is 6.82. The Labute approximate surface area is 69.1 Å². The average molecular weight is 183 g/mol. The third-order valence-electron chi connectivity index (χ3n) is 1.69. The maximum atomic E-state index is 11.9. The molecule has 5 heteroatoms. The van der Waals surface area contributed by atoms with E-state index in [1.165, 1.54) is 0 Å². The number of morpholine rings is 1. The lowest BCUT2D eigenvalue weighted by atomic mass is 10.2. The van der Waals surface area contributed by atoms with Crippen molar-refractivity contribution >= 4 is 0 Å². The first-order valence-corrected chi connectivity index (χ1v) is 3.90. The number of rotatable bonds is 1. The molecule has 0 aliphatic carbocycles. The van der Waals surface area contributed by atoms with Gasteiger partial charge in [-0.2, -0.15) is 13.2 Å². The van der Waals surface area contributed by atoms with E-state index in [0.717, 1.165) is 0 Å². The van der Waals surface area contributed by atoms with Gasteiger partial charge < -0.3 is 10.1 Å². The maximum absolute atomic E-state index is 11.9. The van der Waals surface area contributed by atoms with Gasteiger partial charge in [-0.15, -0.1) is 0 Å². The van der Waals surface area contributed by atoms with Gasteiger partial charge in [-0.1, -0.05) is 0 Å². The molecule has 1 fully saturated rings. The summed E-state index contributed by atoms with van der Waals surface area (Å²) in [5.74, 6) is 0. The van der Waals surface area contributed by atoms with Crippen molar-refractivity contribution in [1.82, 2.24) is 5.32 Å². The second kappa shape index (κ2) is 3.62. The van der Waals surface area contributed by atoms with Gasteiger partial charge in [0.15, 0.2) is 0 Å². The smallest absolute Gasteiger partial charge is 0.372 e. The molecule has 2 unspecified atom stereocenters. The zero-order valence-electron chi connectivity index (χ0n) is 6.82. The zero-order chi connectivity index (χ0) is 9.19. The summed E-state index contributed by atoms with van der Waals surface area (Å²) in [4.78, 5) is 0. The number of ether oxygens (including phenoxy) is 1. The predicted octanol–water partition coefficient (Wildman–Crippen LogP) is 1.32. The molecule has 0 aromatic carbocycles. The van der Waals surface area contributed by atoms with E-state index >= 15 is 0 Å². The Morgan fingerprint density at radius 3 is 2.58 bits per heavy atom. The molecule has 1 saturated heterocycles. The first-order valence-electron chi connectivity index (χ1n) is 3.90. The maximum Gasteiger partial charge on any atom is 0.391 e. The summed E-state index contributed by atoms with van der Waals surface area (Å²) in [6, 6.07) is 0. The van der Waals surface area contributed by atoms with Gasteiger partial charge in [-0.25, -0.2) is 0 Å². The lowest BCUT2D eigenvalue weighted by molar-refractivity contribution is -0.170. The first-order chi connectivity index (χ1) is 5.47. The minimum atomic E-state index is -4.12. The average Bonchev–Trinajstić information content (AvgIpc) is 1.82. The lowest BCUT2D eigenvalue weighted by Gasteiger charge is -2.29. The van der Waals surface area contributed by atoms with Crippen molar-refractivity contribution in [2.45, 2.75) is 31.7 Å². The molecule has 2 atom stereocenters. The molecule has 0 saturated carbocycles. The number of hydrogen-bond donors (Lipinski definition) is 1. The molecule has 1 N–H and O–H groups in total. The lowest BCUT2D eigenvalue weighted by Crippen LogP contribution is -2.45. The molecular formula is C7H12F3NO. The topological polar surface area (TPSA) is 21.3 Å². The Morgan fingerprint density at radius 1 is 1.42 bits per heavy atom. The predicted molar refractivity (Wildman–Crippen MR) is 37.9 cm³/mol. The van der Waals surface area contributed by atoms with Crippen LogP contribution in [0.25, 0.3) is 0 Å². The summed E-state index contributed by atoms with van der Waals surface area (Å²) >= 11 is 0. The van der Waals surface area contributed by atoms with Crippen LogP contribution in [0.2, 0.25) is 0 Å². The van der Waals surface area contributed by atoms with Crippen molar-refractivity contribution in [1.29, 1.82) is 0 Å². The van der Waals surface area contributed by atoms with Gasteiger partial charge in [0.2, 0.25) is 0 Å². The van der Waals surface area contributed by atoms with Gasteiger partial charge in [0, 0.05) is 13.1 Å². The van der Waals surface area contributed by atoms with Crippen LogP contribution in [-0.2, 0) is 4.74 Å². The van der Waals surface area contributed by atoms with Crippen molar-refractivity contribution < 1.29 is 17.9 Å². The Kier molecular flexibility index (Phi) is 2.95. The Hall–Kier alpha value is -0.290.